The molecular formula is C19H18F2N6O2S. The van der Waals surface area contributed by atoms with Crippen LogP contribution in [0.2, 0.25) is 0 Å². The van der Waals surface area contributed by atoms with E-state index >= 15 is 0 Å². The molecule has 3 N–H and O–H groups in total. The van der Waals surface area contributed by atoms with E-state index in [9.17, 15) is 19.1 Å². The predicted molar refractivity (Wildman–Crippen MR) is 107 cm³/mol. The molecule has 0 amide bonds. The number of nitriles is 1. The predicted octanol–water partition coefficient (Wildman–Crippen LogP) is 1.99. The molecule has 2 aromatic heterocycles. The fourth-order valence-corrected chi connectivity index (χ4v) is 4.11. The summed E-state index contributed by atoms with van der Waals surface area (Å²) in [6.45, 7) is -2.13. The van der Waals surface area contributed by atoms with Crippen LogP contribution < -0.4 is 10.6 Å². The maximum absolute atomic E-state index is 13.1. The van der Waals surface area contributed by atoms with Gasteiger partial charge >= 0.3 is 6.61 Å². The fourth-order valence-electron chi connectivity index (χ4n) is 3.51. The van der Waals surface area contributed by atoms with Crippen LogP contribution in [0.3, 0.4) is 0 Å². The maximum Gasteiger partial charge on any atom is 0.347 e. The van der Waals surface area contributed by atoms with Gasteiger partial charge < -0.3 is 10.0 Å². The number of nitrogens with two attached hydrogens (primary N) is 1. The van der Waals surface area contributed by atoms with Crippen LogP contribution in [0.15, 0.2) is 40.8 Å². The summed E-state index contributed by atoms with van der Waals surface area (Å²) in [6, 6.07) is 7.07. The normalized spacial score (nSPS) is 26.5. The summed E-state index contributed by atoms with van der Waals surface area (Å²) in [7, 11) is 0. The second-order valence-electron chi connectivity index (χ2n) is 6.93. The number of hydrogen-bond donors (Lipinski definition) is 2. The van der Waals surface area contributed by atoms with E-state index in [1.807, 2.05) is 11.0 Å². The Morgan fingerprint density at radius 3 is 2.90 bits per heavy atom. The minimum absolute atomic E-state index is 0.120. The average Bonchev–Trinajstić information content (AvgIpc) is 3.38. The summed E-state index contributed by atoms with van der Waals surface area (Å²) in [5.41, 5.74) is 4.70. The second kappa shape index (κ2) is 8.16. The third-order valence-corrected chi connectivity index (χ3v) is 5.68. The molecule has 2 aromatic rings. The molecule has 8 nitrogen and oxygen atoms in total. The van der Waals surface area contributed by atoms with E-state index in [0.717, 1.165) is 0 Å². The van der Waals surface area contributed by atoms with Gasteiger partial charge in [0, 0.05) is 24.7 Å². The van der Waals surface area contributed by atoms with Gasteiger partial charge in [0.25, 0.3) is 0 Å². The first-order chi connectivity index (χ1) is 14.4. The lowest BCUT2D eigenvalue weighted by molar-refractivity contribution is -0.194. The number of aliphatic hydroxyl groups excluding tert-OH is 1. The van der Waals surface area contributed by atoms with Crippen LogP contribution in [0, 0.1) is 17.2 Å². The minimum atomic E-state index is -3.19. The number of aliphatic hydroxyl groups is 1. The first-order valence-electron chi connectivity index (χ1n) is 9.16. The Labute approximate surface area is 175 Å². The number of ether oxygens (including phenoxy) is 1. The molecule has 156 valence electrons. The Kier molecular flexibility index (Phi) is 5.57. The number of rotatable bonds is 5. The van der Waals surface area contributed by atoms with Crippen LogP contribution in [0.5, 0.6) is 0 Å². The van der Waals surface area contributed by atoms with Crippen molar-refractivity contribution in [2.24, 2.45) is 16.6 Å². The van der Waals surface area contributed by atoms with Crippen molar-refractivity contribution in [2.75, 3.05) is 18.0 Å². The molecular weight excluding hydrogens is 414 g/mol. The monoisotopic (exact) mass is 432 g/mol. The van der Waals surface area contributed by atoms with Gasteiger partial charge in [-0.2, -0.15) is 14.0 Å². The van der Waals surface area contributed by atoms with Crippen LogP contribution in [0.25, 0.3) is 5.70 Å². The maximum atomic E-state index is 13.1. The highest BCUT2D eigenvalue weighted by atomic mass is 32.1. The van der Waals surface area contributed by atoms with Crippen molar-refractivity contribution >= 4 is 28.6 Å². The molecule has 0 aromatic carbocycles. The van der Waals surface area contributed by atoms with Gasteiger partial charge in [-0.3, -0.25) is 10.5 Å². The van der Waals surface area contributed by atoms with E-state index in [-0.39, 0.29) is 11.4 Å². The summed E-state index contributed by atoms with van der Waals surface area (Å²) in [6.07, 6.45) is 2.94. The Hall–Kier alpha value is -2.78. The fraction of sp³-hybridized carbons (Fsp3) is 0.368. The van der Waals surface area contributed by atoms with E-state index in [0.29, 0.717) is 36.0 Å². The average molecular weight is 432 g/mol. The highest BCUT2D eigenvalue weighted by Gasteiger charge is 2.45. The van der Waals surface area contributed by atoms with E-state index in [2.05, 4.69) is 19.7 Å². The highest BCUT2D eigenvalue weighted by Crippen LogP contribution is 2.35. The highest BCUT2D eigenvalue weighted by molar-refractivity contribution is 7.10. The topological polar surface area (TPSA) is 121 Å². The molecule has 4 heterocycles. The van der Waals surface area contributed by atoms with Crippen LogP contribution in [0.1, 0.15) is 17.1 Å². The second-order valence-corrected chi connectivity index (χ2v) is 7.82. The lowest BCUT2D eigenvalue weighted by Gasteiger charge is -2.34. The molecule has 3 atom stereocenters. The summed E-state index contributed by atoms with van der Waals surface area (Å²) < 4.78 is 31.0. The number of nitrogens with zero attached hydrogens (tertiary/aromatic N) is 5. The molecule has 11 heteroatoms. The lowest BCUT2D eigenvalue weighted by Crippen LogP contribution is -2.53. The zero-order valence-corrected chi connectivity index (χ0v) is 16.5. The largest absolute Gasteiger partial charge is 0.391 e. The quantitative estimate of drug-likeness (QED) is 0.693. The number of anilines is 1. The molecule has 0 aliphatic carbocycles. The van der Waals surface area contributed by atoms with E-state index in [4.69, 9.17) is 5.73 Å². The van der Waals surface area contributed by atoms with Crippen molar-refractivity contribution in [1.29, 1.82) is 5.26 Å². The zero-order valence-electron chi connectivity index (χ0n) is 15.7. The van der Waals surface area contributed by atoms with E-state index in [1.54, 1.807) is 29.8 Å². The van der Waals surface area contributed by atoms with Gasteiger partial charge in [0.05, 0.1) is 29.3 Å². The first-order valence-corrected chi connectivity index (χ1v) is 10.0. The summed E-state index contributed by atoms with van der Waals surface area (Å²) in [5, 5.41) is 21.7. The van der Waals surface area contributed by atoms with Gasteiger partial charge in [-0.25, -0.2) is 15.0 Å². The third-order valence-electron chi connectivity index (χ3n) is 4.89. The van der Waals surface area contributed by atoms with Crippen molar-refractivity contribution in [3.05, 3.63) is 46.6 Å². The van der Waals surface area contributed by atoms with Crippen LogP contribution in [-0.2, 0) is 4.74 Å². The minimum Gasteiger partial charge on any atom is -0.391 e. The van der Waals surface area contributed by atoms with Crippen molar-refractivity contribution < 1.29 is 18.6 Å². The Balaban J connectivity index is 1.79. The SMILES string of the molecule is N#C[C@H]1C(c2cccc(N3CCC(O)C3)n2)=NC(c2nccs2)=CC1(N)OC(F)F. The molecule has 0 bridgehead atoms. The van der Waals surface area contributed by atoms with Crippen LogP contribution in [0.4, 0.5) is 14.6 Å². The van der Waals surface area contributed by atoms with E-state index in [1.165, 1.54) is 17.4 Å². The number of hydrogen-bond acceptors (Lipinski definition) is 9. The molecule has 30 heavy (non-hydrogen) atoms. The zero-order chi connectivity index (χ0) is 21.3. The number of halogens is 2. The number of thiazole rings is 1. The summed E-state index contributed by atoms with van der Waals surface area (Å²) in [4.78, 5) is 15.1. The van der Waals surface area contributed by atoms with Gasteiger partial charge in [0.15, 0.2) is 5.72 Å². The van der Waals surface area contributed by atoms with E-state index < -0.39 is 24.4 Å². The Morgan fingerprint density at radius 1 is 1.43 bits per heavy atom. The smallest absolute Gasteiger partial charge is 0.347 e. The van der Waals surface area contributed by atoms with Crippen molar-refractivity contribution in [3.63, 3.8) is 0 Å². The molecule has 1 fully saturated rings. The van der Waals surface area contributed by atoms with Crippen molar-refractivity contribution in [2.45, 2.75) is 24.9 Å². The molecule has 0 saturated carbocycles. The number of β-amino-alcohol motifs (C(OH)–C–C–N with tert-alkyl or cyclic N) is 1. The molecule has 4 rings (SSSR count). The van der Waals surface area contributed by atoms with Crippen molar-refractivity contribution in [3.8, 4) is 6.07 Å². The third kappa shape index (κ3) is 3.95. The number of aliphatic imine (C=N–C) groups is 1. The van der Waals surface area contributed by atoms with Gasteiger partial charge in [0.1, 0.15) is 16.7 Å². The van der Waals surface area contributed by atoms with Gasteiger partial charge in [-0.15, -0.1) is 11.3 Å². The molecule has 2 unspecified atom stereocenters. The van der Waals surface area contributed by atoms with Crippen molar-refractivity contribution in [1.82, 2.24) is 9.97 Å². The molecule has 0 spiro atoms. The Bertz CT molecular complexity index is 1020. The van der Waals surface area contributed by atoms with Gasteiger partial charge in [-0.05, 0) is 24.6 Å². The lowest BCUT2D eigenvalue weighted by atomic mass is 9.87. The number of pyridine rings is 1. The standard InChI is InChI=1S/C19H18F2N6O2S/c20-18(21)29-19(23)8-14(17-24-5-7-30-17)26-16(12(19)9-22)13-2-1-3-15(25-13)27-6-4-11(28)10-27/h1-3,5,7-8,11-12,18,28H,4,6,10,23H2/t11?,12-,19?/m0/s1. The molecule has 1 saturated heterocycles. The Morgan fingerprint density at radius 2 is 2.27 bits per heavy atom. The van der Waals surface area contributed by atoms with Crippen LogP contribution >= 0.6 is 11.3 Å². The van der Waals surface area contributed by atoms with Gasteiger partial charge in [-0.1, -0.05) is 6.07 Å². The number of aromatic nitrogens is 2. The molecule has 2 aliphatic rings. The first kappa shape index (κ1) is 20.5. The number of alkyl halides is 2. The summed E-state index contributed by atoms with van der Waals surface area (Å²) >= 11 is 1.25. The van der Waals surface area contributed by atoms with Crippen LogP contribution in [-0.4, -0.2) is 52.3 Å². The van der Waals surface area contributed by atoms with Gasteiger partial charge in [0.2, 0.25) is 0 Å². The summed E-state index contributed by atoms with van der Waals surface area (Å²) in [5.74, 6) is -0.728. The molecule has 2 aliphatic heterocycles. The molecule has 0 radical (unpaired) electrons.